The number of carbonyl (C=O) groups is 1. The largest absolute Gasteiger partial charge is 0.490 e. The molecule has 0 spiro atoms. The number of benzene rings is 2. The molecule has 0 saturated carbocycles. The van der Waals surface area contributed by atoms with E-state index in [1.165, 1.54) is 5.56 Å². The molecule has 0 N–H and O–H groups in total. The van der Waals surface area contributed by atoms with Crippen LogP contribution in [0.1, 0.15) is 34.0 Å². The van der Waals surface area contributed by atoms with Gasteiger partial charge in [0.2, 0.25) is 0 Å². The fraction of sp³-hybridized carbons (Fsp3) is 0.250. The summed E-state index contributed by atoms with van der Waals surface area (Å²) in [5.41, 5.74) is 3.77. The first-order valence-electron chi connectivity index (χ1n) is 7.72. The quantitative estimate of drug-likeness (QED) is 0.531. The molecule has 3 heteroatoms. The summed E-state index contributed by atoms with van der Waals surface area (Å²) in [7, 11) is 0. The number of allylic oxidation sites excluding steroid dienone is 1. The van der Waals surface area contributed by atoms with Crippen LogP contribution in [0, 0.1) is 6.92 Å². The zero-order valence-corrected chi connectivity index (χ0v) is 13.7. The molecule has 0 unspecified atom stereocenters. The Morgan fingerprint density at radius 1 is 1.17 bits per heavy atom. The van der Waals surface area contributed by atoms with Gasteiger partial charge in [-0.1, -0.05) is 35.9 Å². The highest BCUT2D eigenvalue weighted by Crippen LogP contribution is 2.34. The van der Waals surface area contributed by atoms with E-state index in [4.69, 9.17) is 9.47 Å². The molecule has 0 saturated heterocycles. The van der Waals surface area contributed by atoms with Crippen molar-refractivity contribution in [3.8, 4) is 11.5 Å². The van der Waals surface area contributed by atoms with Crippen LogP contribution >= 0.6 is 0 Å². The number of hydrogen-bond acceptors (Lipinski definition) is 3. The van der Waals surface area contributed by atoms with E-state index < -0.39 is 0 Å². The summed E-state index contributed by atoms with van der Waals surface area (Å²) in [6.45, 7) is 8.70. The van der Waals surface area contributed by atoms with Crippen LogP contribution in [0.15, 0.2) is 49.1 Å². The van der Waals surface area contributed by atoms with Crippen molar-refractivity contribution in [1.29, 1.82) is 0 Å². The lowest BCUT2D eigenvalue weighted by Crippen LogP contribution is -2.04. The Balaban J connectivity index is 2.33. The van der Waals surface area contributed by atoms with Crippen LogP contribution in [0.25, 0.3) is 0 Å². The molecule has 0 fully saturated rings. The highest BCUT2D eigenvalue weighted by molar-refractivity contribution is 5.77. The van der Waals surface area contributed by atoms with E-state index in [1.807, 2.05) is 25.1 Å². The third-order valence-electron chi connectivity index (χ3n) is 3.42. The Bertz CT molecular complexity index is 689. The minimum Gasteiger partial charge on any atom is -0.490 e. The fourth-order valence-corrected chi connectivity index (χ4v) is 2.44. The Morgan fingerprint density at radius 3 is 2.65 bits per heavy atom. The van der Waals surface area contributed by atoms with Crippen molar-refractivity contribution in [1.82, 2.24) is 0 Å². The lowest BCUT2D eigenvalue weighted by molar-refractivity contribution is 0.112. The highest BCUT2D eigenvalue weighted by atomic mass is 16.5. The summed E-state index contributed by atoms with van der Waals surface area (Å²) < 4.78 is 11.7. The summed E-state index contributed by atoms with van der Waals surface area (Å²) in [4.78, 5) is 11.1. The van der Waals surface area contributed by atoms with Crippen LogP contribution in [-0.4, -0.2) is 12.9 Å². The molecule has 0 heterocycles. The molecule has 120 valence electrons. The topological polar surface area (TPSA) is 35.5 Å². The molecule has 0 aliphatic carbocycles. The number of aryl methyl sites for hydroxylation is 1. The van der Waals surface area contributed by atoms with Crippen molar-refractivity contribution in [2.45, 2.75) is 26.9 Å². The lowest BCUT2D eigenvalue weighted by atomic mass is 10.1. The predicted octanol–water partition coefficient (Wildman–Crippen LogP) is 4.51. The van der Waals surface area contributed by atoms with Gasteiger partial charge in [0, 0.05) is 11.1 Å². The normalized spacial score (nSPS) is 10.2. The predicted molar refractivity (Wildman–Crippen MR) is 92.4 cm³/mol. The van der Waals surface area contributed by atoms with Crippen LogP contribution in [-0.2, 0) is 13.0 Å². The minimum atomic E-state index is 0.451. The first-order valence-corrected chi connectivity index (χ1v) is 7.72. The van der Waals surface area contributed by atoms with Crippen LogP contribution in [0.3, 0.4) is 0 Å². The second-order valence-electron chi connectivity index (χ2n) is 5.33. The van der Waals surface area contributed by atoms with Gasteiger partial charge in [-0.3, -0.25) is 4.79 Å². The van der Waals surface area contributed by atoms with Gasteiger partial charge >= 0.3 is 0 Å². The Labute approximate surface area is 137 Å². The molecule has 0 aliphatic heterocycles. The van der Waals surface area contributed by atoms with Gasteiger partial charge in [-0.25, -0.2) is 0 Å². The molecule has 0 bridgehead atoms. The minimum absolute atomic E-state index is 0.451. The van der Waals surface area contributed by atoms with Crippen molar-refractivity contribution in [2.75, 3.05) is 6.61 Å². The van der Waals surface area contributed by atoms with Crippen LogP contribution in [0.5, 0.6) is 11.5 Å². The second kappa shape index (κ2) is 8.18. The molecule has 2 aromatic rings. The molecule has 0 atom stereocenters. The van der Waals surface area contributed by atoms with Gasteiger partial charge in [-0.2, -0.15) is 0 Å². The molecule has 23 heavy (non-hydrogen) atoms. The Morgan fingerprint density at radius 2 is 2.00 bits per heavy atom. The van der Waals surface area contributed by atoms with Crippen molar-refractivity contribution >= 4 is 6.29 Å². The lowest BCUT2D eigenvalue weighted by Gasteiger charge is -2.16. The van der Waals surface area contributed by atoms with Crippen LogP contribution in [0.2, 0.25) is 0 Å². The molecule has 2 aromatic carbocycles. The van der Waals surface area contributed by atoms with Crippen molar-refractivity contribution in [3.63, 3.8) is 0 Å². The number of rotatable bonds is 8. The third kappa shape index (κ3) is 4.46. The van der Waals surface area contributed by atoms with E-state index in [1.54, 1.807) is 12.1 Å². The van der Waals surface area contributed by atoms with Crippen LogP contribution < -0.4 is 9.47 Å². The summed E-state index contributed by atoms with van der Waals surface area (Å²) in [5.74, 6) is 1.28. The first-order chi connectivity index (χ1) is 11.2. The SMILES string of the molecule is C=CCc1cc(C=O)cc(OCC)c1OCc1cccc(C)c1. The maximum Gasteiger partial charge on any atom is 0.165 e. The summed E-state index contributed by atoms with van der Waals surface area (Å²) in [6.07, 6.45) is 3.23. The Hall–Kier alpha value is -2.55. The van der Waals surface area contributed by atoms with E-state index in [9.17, 15) is 4.79 Å². The summed E-state index contributed by atoms with van der Waals surface area (Å²) in [5, 5.41) is 0. The van der Waals surface area contributed by atoms with Gasteiger partial charge in [-0.05, 0) is 38.0 Å². The number of ether oxygens (including phenoxy) is 2. The average Bonchev–Trinajstić information content (AvgIpc) is 2.54. The van der Waals surface area contributed by atoms with Crippen molar-refractivity contribution in [2.24, 2.45) is 0 Å². The van der Waals surface area contributed by atoms with Gasteiger partial charge in [0.15, 0.2) is 11.5 Å². The van der Waals surface area contributed by atoms with Gasteiger partial charge in [0.05, 0.1) is 6.61 Å². The standard InChI is InChI=1S/C20H22O3/c1-4-7-18-11-17(13-21)12-19(22-5-2)20(18)23-14-16-9-6-8-15(3)10-16/h4,6,8-13H,1,5,7,14H2,2-3H3. The highest BCUT2D eigenvalue weighted by Gasteiger charge is 2.13. The van der Waals surface area contributed by atoms with Crippen LogP contribution in [0.4, 0.5) is 0 Å². The second-order valence-corrected chi connectivity index (χ2v) is 5.33. The number of aldehydes is 1. The van der Waals surface area contributed by atoms with Crippen molar-refractivity contribution < 1.29 is 14.3 Å². The number of hydrogen-bond donors (Lipinski definition) is 0. The number of carbonyl (C=O) groups excluding carboxylic acids is 1. The van der Waals surface area contributed by atoms with E-state index in [0.717, 1.165) is 17.4 Å². The smallest absolute Gasteiger partial charge is 0.165 e. The fourth-order valence-electron chi connectivity index (χ4n) is 2.44. The van der Waals surface area contributed by atoms with Gasteiger partial charge in [0.25, 0.3) is 0 Å². The molecule has 2 rings (SSSR count). The maximum absolute atomic E-state index is 11.1. The summed E-state index contributed by atoms with van der Waals surface area (Å²) >= 11 is 0. The molecule has 0 radical (unpaired) electrons. The molecule has 0 amide bonds. The zero-order chi connectivity index (χ0) is 16.7. The average molecular weight is 310 g/mol. The van der Waals surface area contributed by atoms with Gasteiger partial charge in [0.1, 0.15) is 12.9 Å². The summed E-state index contributed by atoms with van der Waals surface area (Å²) in [6, 6.07) is 11.7. The maximum atomic E-state index is 11.1. The monoisotopic (exact) mass is 310 g/mol. The molecule has 3 nitrogen and oxygen atoms in total. The first kappa shape index (κ1) is 16.8. The van der Waals surface area contributed by atoms with E-state index >= 15 is 0 Å². The van der Waals surface area contributed by atoms with Gasteiger partial charge in [-0.15, -0.1) is 6.58 Å². The molecular weight excluding hydrogens is 288 g/mol. The van der Waals surface area contributed by atoms with Crippen molar-refractivity contribution in [3.05, 3.63) is 71.3 Å². The molecule has 0 aliphatic rings. The van der Waals surface area contributed by atoms with E-state index in [2.05, 4.69) is 25.6 Å². The Kier molecular flexibility index (Phi) is 5.98. The third-order valence-corrected chi connectivity index (χ3v) is 3.42. The molecule has 0 aromatic heterocycles. The van der Waals surface area contributed by atoms with E-state index in [-0.39, 0.29) is 0 Å². The van der Waals surface area contributed by atoms with Gasteiger partial charge < -0.3 is 9.47 Å². The van der Waals surface area contributed by atoms with E-state index in [0.29, 0.717) is 36.7 Å². The molecular formula is C20H22O3. The zero-order valence-electron chi connectivity index (χ0n) is 13.7.